The fraction of sp³-hybridized carbons (Fsp3) is 0.316. The van der Waals surface area contributed by atoms with E-state index in [-0.39, 0.29) is 18.7 Å². The molecule has 1 unspecified atom stereocenters. The van der Waals surface area contributed by atoms with E-state index in [2.05, 4.69) is 31.3 Å². The maximum atomic E-state index is 13.2. The molecule has 0 amide bonds. The van der Waals surface area contributed by atoms with Crippen LogP contribution >= 0.6 is 0 Å². The minimum Gasteiger partial charge on any atom is -0.365 e. The number of halogens is 3. The van der Waals surface area contributed by atoms with Gasteiger partial charge in [-0.1, -0.05) is 6.07 Å². The predicted octanol–water partition coefficient (Wildman–Crippen LogP) is 2.78. The molecule has 30 heavy (non-hydrogen) atoms. The van der Waals surface area contributed by atoms with Crippen molar-refractivity contribution in [3.8, 4) is 6.07 Å². The lowest BCUT2D eigenvalue weighted by molar-refractivity contribution is -0.141. The number of hydrogen-bond donors (Lipinski definition) is 1. The number of fused-ring (bicyclic) bond motifs is 1. The summed E-state index contributed by atoms with van der Waals surface area (Å²) < 4.78 is 45.0. The second-order valence-corrected chi connectivity index (χ2v) is 6.54. The first-order valence-corrected chi connectivity index (χ1v) is 9.09. The summed E-state index contributed by atoms with van der Waals surface area (Å²) in [7, 11) is 0. The van der Waals surface area contributed by atoms with Gasteiger partial charge in [-0.25, -0.2) is 4.98 Å². The molecule has 0 saturated carbocycles. The van der Waals surface area contributed by atoms with Crippen molar-refractivity contribution in [3.63, 3.8) is 0 Å². The van der Waals surface area contributed by atoms with Gasteiger partial charge in [-0.3, -0.25) is 4.98 Å². The van der Waals surface area contributed by atoms with Gasteiger partial charge in [0.15, 0.2) is 11.8 Å². The first-order chi connectivity index (χ1) is 14.5. The lowest BCUT2D eigenvalue weighted by Crippen LogP contribution is -2.42. The Labute approximate surface area is 169 Å². The SMILES string of the molecule is N#CC1CN(c2nc(NCc3cccnc3C(F)(F)F)c3cccnc3n2)CCO1. The Morgan fingerprint density at radius 2 is 2.00 bits per heavy atom. The number of nitriles is 1. The molecule has 3 aromatic heterocycles. The van der Waals surface area contributed by atoms with Crippen molar-refractivity contribution < 1.29 is 17.9 Å². The summed E-state index contributed by atoms with van der Waals surface area (Å²) in [6, 6.07) is 8.31. The van der Waals surface area contributed by atoms with Crippen LogP contribution in [-0.2, 0) is 17.5 Å². The minimum atomic E-state index is -4.56. The fourth-order valence-corrected chi connectivity index (χ4v) is 3.15. The van der Waals surface area contributed by atoms with Crippen LogP contribution in [0.15, 0.2) is 36.7 Å². The molecule has 4 rings (SSSR count). The Hall–Kier alpha value is -3.52. The number of morpholine rings is 1. The van der Waals surface area contributed by atoms with Crippen molar-refractivity contribution in [3.05, 3.63) is 47.9 Å². The first-order valence-electron chi connectivity index (χ1n) is 9.09. The minimum absolute atomic E-state index is 0.00174. The van der Waals surface area contributed by atoms with Crippen LogP contribution in [-0.4, -0.2) is 45.7 Å². The van der Waals surface area contributed by atoms with Gasteiger partial charge in [-0.2, -0.15) is 28.4 Å². The molecular formula is C19H16F3N7O. The largest absolute Gasteiger partial charge is 0.433 e. The zero-order valence-corrected chi connectivity index (χ0v) is 15.6. The van der Waals surface area contributed by atoms with E-state index in [1.165, 1.54) is 12.1 Å². The highest BCUT2D eigenvalue weighted by Crippen LogP contribution is 2.31. The third-order valence-electron chi connectivity index (χ3n) is 4.56. The number of rotatable bonds is 4. The Balaban J connectivity index is 1.67. The summed E-state index contributed by atoms with van der Waals surface area (Å²) in [5.41, 5.74) is -0.551. The van der Waals surface area contributed by atoms with Gasteiger partial charge in [0.2, 0.25) is 5.95 Å². The molecule has 0 aliphatic carbocycles. The molecule has 1 saturated heterocycles. The Morgan fingerprint density at radius 3 is 2.80 bits per heavy atom. The lowest BCUT2D eigenvalue weighted by atomic mass is 10.2. The second kappa shape index (κ2) is 8.08. The van der Waals surface area contributed by atoms with Gasteiger partial charge in [0.1, 0.15) is 11.5 Å². The molecule has 4 heterocycles. The van der Waals surface area contributed by atoms with Gasteiger partial charge in [0.25, 0.3) is 0 Å². The summed E-state index contributed by atoms with van der Waals surface area (Å²) in [5.74, 6) is 0.676. The number of nitrogens with zero attached hydrogens (tertiary/aromatic N) is 6. The molecule has 8 nitrogen and oxygen atoms in total. The molecule has 11 heteroatoms. The molecule has 1 N–H and O–H groups in total. The summed E-state index contributed by atoms with van der Waals surface area (Å²) >= 11 is 0. The van der Waals surface area contributed by atoms with Crippen LogP contribution in [0.1, 0.15) is 11.3 Å². The fourth-order valence-electron chi connectivity index (χ4n) is 3.15. The van der Waals surface area contributed by atoms with Crippen molar-refractivity contribution in [2.75, 3.05) is 29.9 Å². The van der Waals surface area contributed by atoms with Crippen molar-refractivity contribution in [2.45, 2.75) is 18.8 Å². The number of ether oxygens (including phenoxy) is 1. The molecule has 3 aromatic rings. The number of anilines is 2. The van der Waals surface area contributed by atoms with Gasteiger partial charge in [0, 0.05) is 31.0 Å². The van der Waals surface area contributed by atoms with Crippen LogP contribution in [0, 0.1) is 11.3 Å². The van der Waals surface area contributed by atoms with Gasteiger partial charge in [-0.15, -0.1) is 0 Å². The molecule has 1 aliphatic rings. The van der Waals surface area contributed by atoms with E-state index in [0.29, 0.717) is 36.0 Å². The van der Waals surface area contributed by atoms with Crippen LogP contribution in [0.5, 0.6) is 0 Å². The zero-order chi connectivity index (χ0) is 21.1. The van der Waals surface area contributed by atoms with Gasteiger partial charge < -0.3 is 15.0 Å². The lowest BCUT2D eigenvalue weighted by Gasteiger charge is -2.30. The van der Waals surface area contributed by atoms with Gasteiger partial charge in [0.05, 0.1) is 24.6 Å². The highest BCUT2D eigenvalue weighted by Gasteiger charge is 2.35. The maximum Gasteiger partial charge on any atom is 0.433 e. The molecule has 0 aromatic carbocycles. The van der Waals surface area contributed by atoms with Crippen LogP contribution in [0.4, 0.5) is 24.9 Å². The average molecular weight is 415 g/mol. The van der Waals surface area contributed by atoms with E-state index in [9.17, 15) is 13.2 Å². The van der Waals surface area contributed by atoms with E-state index in [1.807, 2.05) is 0 Å². The number of aromatic nitrogens is 4. The molecule has 1 fully saturated rings. The van der Waals surface area contributed by atoms with Gasteiger partial charge >= 0.3 is 6.18 Å². The highest BCUT2D eigenvalue weighted by atomic mass is 19.4. The molecule has 154 valence electrons. The summed E-state index contributed by atoms with van der Waals surface area (Å²) in [5, 5.41) is 12.7. The van der Waals surface area contributed by atoms with Crippen molar-refractivity contribution in [1.82, 2.24) is 19.9 Å². The number of nitrogens with one attached hydrogen (secondary N) is 1. The third-order valence-corrected chi connectivity index (χ3v) is 4.56. The predicted molar refractivity (Wildman–Crippen MR) is 101 cm³/mol. The number of hydrogen-bond acceptors (Lipinski definition) is 8. The Morgan fingerprint density at radius 1 is 1.20 bits per heavy atom. The monoisotopic (exact) mass is 415 g/mol. The van der Waals surface area contributed by atoms with E-state index >= 15 is 0 Å². The number of alkyl halides is 3. The van der Waals surface area contributed by atoms with Crippen LogP contribution < -0.4 is 10.2 Å². The topological polar surface area (TPSA) is 99.9 Å². The summed E-state index contributed by atoms with van der Waals surface area (Å²) in [6.07, 6.45) is -2.48. The number of pyridine rings is 2. The van der Waals surface area contributed by atoms with Crippen molar-refractivity contribution >= 4 is 22.8 Å². The van der Waals surface area contributed by atoms with Crippen molar-refractivity contribution in [2.24, 2.45) is 0 Å². The van der Waals surface area contributed by atoms with Crippen LogP contribution in [0.2, 0.25) is 0 Å². The molecule has 0 radical (unpaired) electrons. The van der Waals surface area contributed by atoms with Crippen molar-refractivity contribution in [1.29, 1.82) is 5.26 Å². The molecular weight excluding hydrogens is 399 g/mol. The smallest absolute Gasteiger partial charge is 0.365 e. The van der Waals surface area contributed by atoms with E-state index in [1.54, 1.807) is 23.2 Å². The van der Waals surface area contributed by atoms with E-state index in [0.717, 1.165) is 6.20 Å². The first kappa shape index (κ1) is 19.8. The zero-order valence-electron chi connectivity index (χ0n) is 15.6. The standard InChI is InChI=1S/C19H16F3N7O/c20-19(21,22)15-12(3-1-5-24-15)10-26-17-14-4-2-6-25-16(14)27-18(28-17)29-7-8-30-13(9-23)11-29/h1-6,13H,7-8,10-11H2,(H,25,26,27,28). The van der Waals surface area contributed by atoms with Gasteiger partial charge in [-0.05, 0) is 18.2 Å². The summed E-state index contributed by atoms with van der Waals surface area (Å²) in [6.45, 7) is 0.980. The van der Waals surface area contributed by atoms with Crippen LogP contribution in [0.25, 0.3) is 11.0 Å². The third kappa shape index (κ3) is 4.08. The van der Waals surface area contributed by atoms with E-state index in [4.69, 9.17) is 10.00 Å². The average Bonchev–Trinajstić information content (AvgIpc) is 2.77. The molecule has 0 spiro atoms. The summed E-state index contributed by atoms with van der Waals surface area (Å²) in [4.78, 5) is 18.4. The Kier molecular flexibility index (Phi) is 5.33. The molecule has 0 bridgehead atoms. The molecule has 1 aliphatic heterocycles. The maximum absolute atomic E-state index is 13.2. The highest BCUT2D eigenvalue weighted by molar-refractivity contribution is 5.87. The second-order valence-electron chi connectivity index (χ2n) is 6.54. The molecule has 1 atom stereocenters. The Bertz CT molecular complexity index is 1100. The van der Waals surface area contributed by atoms with E-state index < -0.39 is 18.0 Å². The van der Waals surface area contributed by atoms with Crippen LogP contribution in [0.3, 0.4) is 0 Å². The quantitative estimate of drug-likeness (QED) is 0.695. The normalized spacial score (nSPS) is 17.0.